The van der Waals surface area contributed by atoms with Crippen molar-refractivity contribution in [1.29, 1.82) is 0 Å². The van der Waals surface area contributed by atoms with Crippen LogP contribution in [-0.2, 0) is 19.0 Å². The number of likely N-dealkylation sites (tertiary alicyclic amines) is 1. The van der Waals surface area contributed by atoms with Crippen molar-refractivity contribution in [3.05, 3.63) is 48.0 Å². The lowest BCUT2D eigenvalue weighted by Crippen LogP contribution is -2.43. The van der Waals surface area contributed by atoms with Crippen LogP contribution in [0, 0.1) is 0 Å². The Morgan fingerprint density at radius 3 is 2.81 bits per heavy atom. The lowest BCUT2D eigenvalue weighted by atomic mass is 9.74. The molecule has 1 fully saturated rings. The molecule has 4 heteroatoms. The Kier molecular flexibility index (Phi) is 3.00. The number of nitrogens with one attached hydrogen (secondary N) is 1. The van der Waals surface area contributed by atoms with Gasteiger partial charge in [0.2, 0.25) is 0 Å². The summed E-state index contributed by atoms with van der Waals surface area (Å²) in [6, 6.07) is 8.82. The molecule has 2 aliphatic rings. The molecule has 0 radical (unpaired) electrons. The van der Waals surface area contributed by atoms with E-state index in [-0.39, 0.29) is 0 Å². The van der Waals surface area contributed by atoms with Gasteiger partial charge in [-0.15, -0.1) is 0 Å². The molecule has 4 rings (SSSR count). The minimum Gasteiger partial charge on any atom is -0.384 e. The fraction of sp³-hybridized carbons (Fsp3) is 0.471. The second kappa shape index (κ2) is 4.88. The third-order valence-corrected chi connectivity index (χ3v) is 5.21. The Morgan fingerprint density at radius 1 is 1.24 bits per heavy atom. The smallest absolute Gasteiger partial charge is 0.122 e. The summed E-state index contributed by atoms with van der Waals surface area (Å²) in [4.78, 5) is 6.98. The lowest BCUT2D eigenvalue weighted by Gasteiger charge is -2.39. The fourth-order valence-corrected chi connectivity index (χ4v) is 3.79. The maximum atomic E-state index is 4.44. The van der Waals surface area contributed by atoms with Gasteiger partial charge in [-0.1, -0.05) is 18.2 Å². The van der Waals surface area contributed by atoms with Crippen LogP contribution in [0.5, 0.6) is 0 Å². The van der Waals surface area contributed by atoms with Crippen LogP contribution in [-0.4, -0.2) is 34.1 Å². The maximum Gasteiger partial charge on any atom is 0.122 e. The second-order valence-electron chi connectivity index (χ2n) is 6.41. The molecule has 1 aromatic heterocycles. The summed E-state index contributed by atoms with van der Waals surface area (Å²) in [6.07, 6.45) is 6.39. The summed E-state index contributed by atoms with van der Waals surface area (Å²) in [6.45, 7) is 4.38. The van der Waals surface area contributed by atoms with Crippen LogP contribution in [0.2, 0.25) is 0 Å². The molecule has 0 unspecified atom stereocenters. The Bertz CT molecular complexity index is 638. The van der Waals surface area contributed by atoms with Crippen molar-refractivity contribution in [2.75, 3.05) is 25.0 Å². The second-order valence-corrected chi connectivity index (χ2v) is 6.41. The number of hydrogen-bond acceptors (Lipinski definition) is 3. The normalized spacial score (nSPS) is 20.4. The molecule has 1 N–H and O–H groups in total. The molecule has 1 saturated heterocycles. The fourth-order valence-electron chi connectivity index (χ4n) is 3.79. The highest BCUT2D eigenvalue weighted by atomic mass is 15.2. The number of fused-ring (bicyclic) bond motifs is 2. The first-order valence-electron chi connectivity index (χ1n) is 7.79. The molecule has 4 nitrogen and oxygen atoms in total. The van der Waals surface area contributed by atoms with Crippen LogP contribution in [0.3, 0.4) is 0 Å². The van der Waals surface area contributed by atoms with Crippen molar-refractivity contribution in [2.45, 2.75) is 24.8 Å². The molecular weight excluding hydrogens is 260 g/mol. The van der Waals surface area contributed by atoms with Crippen LogP contribution in [0.1, 0.15) is 24.2 Å². The molecular formula is C17H22N4. The molecule has 110 valence electrons. The van der Waals surface area contributed by atoms with Crippen molar-refractivity contribution in [3.63, 3.8) is 0 Å². The zero-order chi connectivity index (χ0) is 14.3. The number of benzene rings is 1. The van der Waals surface area contributed by atoms with E-state index in [2.05, 4.69) is 51.1 Å². The summed E-state index contributed by atoms with van der Waals surface area (Å²) in [7, 11) is 2.07. The highest BCUT2D eigenvalue weighted by molar-refractivity contribution is 5.60. The monoisotopic (exact) mass is 282 g/mol. The summed E-state index contributed by atoms with van der Waals surface area (Å²) in [5.41, 5.74) is 3.23. The van der Waals surface area contributed by atoms with Crippen molar-refractivity contribution in [2.24, 2.45) is 7.05 Å². The molecule has 0 atom stereocenters. The minimum atomic E-state index is 0.356. The molecule has 0 amide bonds. The Morgan fingerprint density at radius 2 is 2.05 bits per heavy atom. The minimum absolute atomic E-state index is 0.356. The summed E-state index contributed by atoms with van der Waals surface area (Å²) < 4.78 is 2.12. The number of para-hydroxylation sites is 1. The average molecular weight is 282 g/mol. The molecule has 0 aliphatic carbocycles. The van der Waals surface area contributed by atoms with Gasteiger partial charge in [0.05, 0.1) is 6.54 Å². The predicted octanol–water partition coefficient (Wildman–Crippen LogP) is 2.38. The van der Waals surface area contributed by atoms with E-state index in [1.54, 1.807) is 0 Å². The Balaban J connectivity index is 1.47. The van der Waals surface area contributed by atoms with E-state index in [1.807, 2.05) is 12.4 Å². The third-order valence-electron chi connectivity index (χ3n) is 5.21. The number of imidazole rings is 1. The average Bonchev–Trinajstić information content (AvgIpc) is 3.08. The van der Waals surface area contributed by atoms with Gasteiger partial charge in [0, 0.05) is 37.1 Å². The van der Waals surface area contributed by atoms with Crippen LogP contribution in [0.4, 0.5) is 5.69 Å². The predicted molar refractivity (Wildman–Crippen MR) is 84.3 cm³/mol. The number of piperidine rings is 1. The largest absolute Gasteiger partial charge is 0.384 e. The standard InChI is InChI=1S/C17H22N4/c1-20-11-8-18-16(20)12-21-9-6-17(7-10-21)13-19-15-5-3-2-4-14(15)17/h2-5,8,11,19H,6-7,9-10,12-13H2,1H3. The number of anilines is 1. The first-order valence-corrected chi connectivity index (χ1v) is 7.79. The van der Waals surface area contributed by atoms with Crippen LogP contribution < -0.4 is 5.32 Å². The van der Waals surface area contributed by atoms with Crippen molar-refractivity contribution in [3.8, 4) is 0 Å². The zero-order valence-electron chi connectivity index (χ0n) is 12.5. The third kappa shape index (κ3) is 2.14. The van der Waals surface area contributed by atoms with E-state index in [0.29, 0.717) is 5.41 Å². The van der Waals surface area contributed by atoms with Gasteiger partial charge in [0.25, 0.3) is 0 Å². The van der Waals surface area contributed by atoms with E-state index in [9.17, 15) is 0 Å². The molecule has 0 saturated carbocycles. The van der Waals surface area contributed by atoms with Crippen LogP contribution in [0.25, 0.3) is 0 Å². The van der Waals surface area contributed by atoms with E-state index >= 15 is 0 Å². The van der Waals surface area contributed by atoms with Crippen LogP contribution >= 0.6 is 0 Å². The topological polar surface area (TPSA) is 33.1 Å². The highest BCUT2D eigenvalue weighted by Crippen LogP contribution is 2.43. The number of nitrogens with zero attached hydrogens (tertiary/aromatic N) is 3. The van der Waals surface area contributed by atoms with Crippen molar-refractivity contribution < 1.29 is 0 Å². The first kappa shape index (κ1) is 12.9. The van der Waals surface area contributed by atoms with Crippen LogP contribution in [0.15, 0.2) is 36.7 Å². The van der Waals surface area contributed by atoms with Gasteiger partial charge in [-0.25, -0.2) is 4.98 Å². The van der Waals surface area contributed by atoms with Gasteiger partial charge in [0.15, 0.2) is 0 Å². The van der Waals surface area contributed by atoms with Gasteiger partial charge >= 0.3 is 0 Å². The van der Waals surface area contributed by atoms with Gasteiger partial charge < -0.3 is 9.88 Å². The Hall–Kier alpha value is -1.81. The number of aromatic nitrogens is 2. The van der Waals surface area contributed by atoms with E-state index in [0.717, 1.165) is 32.0 Å². The summed E-state index contributed by atoms with van der Waals surface area (Å²) >= 11 is 0. The molecule has 2 aromatic rings. The van der Waals surface area contributed by atoms with Crippen molar-refractivity contribution in [1.82, 2.24) is 14.5 Å². The molecule has 2 aliphatic heterocycles. The molecule has 1 aromatic carbocycles. The van der Waals surface area contributed by atoms with E-state index < -0.39 is 0 Å². The van der Waals surface area contributed by atoms with E-state index in [1.165, 1.54) is 24.1 Å². The maximum absolute atomic E-state index is 4.44. The molecule has 0 bridgehead atoms. The number of rotatable bonds is 2. The van der Waals surface area contributed by atoms with Gasteiger partial charge in [-0.3, -0.25) is 4.90 Å². The van der Waals surface area contributed by atoms with Gasteiger partial charge in [-0.05, 0) is 37.6 Å². The lowest BCUT2D eigenvalue weighted by molar-refractivity contribution is 0.158. The number of aryl methyl sites for hydroxylation is 1. The van der Waals surface area contributed by atoms with Gasteiger partial charge in [0.1, 0.15) is 5.82 Å². The zero-order valence-corrected chi connectivity index (χ0v) is 12.5. The summed E-state index contributed by atoms with van der Waals surface area (Å²) in [5.74, 6) is 1.16. The molecule has 1 spiro atoms. The summed E-state index contributed by atoms with van der Waals surface area (Å²) in [5, 5.41) is 3.60. The van der Waals surface area contributed by atoms with Gasteiger partial charge in [-0.2, -0.15) is 0 Å². The Labute approximate surface area is 125 Å². The first-order chi connectivity index (χ1) is 10.3. The SMILES string of the molecule is Cn1ccnc1CN1CCC2(CC1)CNc1ccccc12. The number of hydrogen-bond donors (Lipinski definition) is 1. The highest BCUT2D eigenvalue weighted by Gasteiger charge is 2.41. The quantitative estimate of drug-likeness (QED) is 0.918. The molecule has 3 heterocycles. The molecule has 21 heavy (non-hydrogen) atoms. The van der Waals surface area contributed by atoms with E-state index in [4.69, 9.17) is 0 Å². The van der Waals surface area contributed by atoms with Crippen molar-refractivity contribution >= 4 is 5.69 Å².